The van der Waals surface area contributed by atoms with Crippen molar-refractivity contribution in [3.8, 4) is 0 Å². The average molecular weight is 368 g/mol. The summed E-state index contributed by atoms with van der Waals surface area (Å²) >= 11 is 0.973. The van der Waals surface area contributed by atoms with E-state index >= 15 is 0 Å². The minimum absolute atomic E-state index is 0.0117. The Morgan fingerprint density at radius 1 is 1.25 bits per heavy atom. The van der Waals surface area contributed by atoms with Crippen LogP contribution in [0, 0.1) is 0 Å². The van der Waals surface area contributed by atoms with Gasteiger partial charge >= 0.3 is 5.97 Å². The predicted octanol–water partition coefficient (Wildman–Crippen LogP) is 2.39. The smallest absolute Gasteiger partial charge is 0.337 e. The summed E-state index contributed by atoms with van der Waals surface area (Å²) in [6.45, 7) is 2.15. The van der Waals surface area contributed by atoms with Crippen LogP contribution in [0.3, 0.4) is 0 Å². The molecule has 128 valence electrons. The van der Waals surface area contributed by atoms with Crippen LogP contribution in [0.2, 0.25) is 0 Å². The van der Waals surface area contributed by atoms with Gasteiger partial charge in [0.2, 0.25) is 10.0 Å². The van der Waals surface area contributed by atoms with Gasteiger partial charge in [0.05, 0.1) is 21.0 Å². The van der Waals surface area contributed by atoms with Crippen molar-refractivity contribution in [1.29, 1.82) is 0 Å². The van der Waals surface area contributed by atoms with Crippen LogP contribution in [0.5, 0.6) is 0 Å². The number of carbonyl (C=O) groups is 2. The van der Waals surface area contributed by atoms with Gasteiger partial charge in [-0.3, -0.25) is 4.79 Å². The number of hydrogen-bond donors (Lipinski definition) is 3. The van der Waals surface area contributed by atoms with E-state index in [0.29, 0.717) is 13.0 Å². The van der Waals surface area contributed by atoms with Gasteiger partial charge in [-0.2, -0.15) is 0 Å². The number of anilines is 1. The highest BCUT2D eigenvalue weighted by molar-refractivity contribution is 7.89. The number of carbonyl (C=O) groups excluding carboxylic acids is 1. The van der Waals surface area contributed by atoms with Gasteiger partial charge in [0.1, 0.15) is 0 Å². The molecule has 1 heterocycles. The fourth-order valence-electron chi connectivity index (χ4n) is 1.86. The topological polar surface area (TPSA) is 113 Å². The van der Waals surface area contributed by atoms with Crippen molar-refractivity contribution in [2.45, 2.75) is 18.2 Å². The van der Waals surface area contributed by atoms with Gasteiger partial charge in [-0.1, -0.05) is 19.1 Å². The molecule has 0 bridgehead atoms. The first-order valence-electron chi connectivity index (χ1n) is 7.07. The number of thiophene rings is 1. The van der Waals surface area contributed by atoms with Crippen molar-refractivity contribution in [3.63, 3.8) is 0 Å². The Kier molecular flexibility index (Phi) is 5.71. The Morgan fingerprint density at radius 3 is 2.62 bits per heavy atom. The third-order valence-electron chi connectivity index (χ3n) is 3.06. The van der Waals surface area contributed by atoms with Crippen molar-refractivity contribution < 1.29 is 23.1 Å². The van der Waals surface area contributed by atoms with E-state index in [1.807, 2.05) is 6.92 Å². The van der Waals surface area contributed by atoms with E-state index in [0.717, 1.165) is 11.3 Å². The summed E-state index contributed by atoms with van der Waals surface area (Å²) in [5.41, 5.74) is 0.108. The van der Waals surface area contributed by atoms with Crippen molar-refractivity contribution in [1.82, 2.24) is 4.72 Å². The Labute approximate surface area is 143 Å². The maximum atomic E-state index is 12.2. The minimum atomic E-state index is -3.64. The van der Waals surface area contributed by atoms with Crippen LogP contribution in [-0.2, 0) is 10.0 Å². The number of carboxylic acid groups (broad SMARTS) is 1. The van der Waals surface area contributed by atoms with Gasteiger partial charge in [0, 0.05) is 11.9 Å². The number of carboxylic acids is 1. The standard InChI is InChI=1S/C15H16N2O5S2/c1-2-7-16-24(21,22)10-8-13(23-9-10)14(18)17-12-6-4-3-5-11(12)15(19)20/h3-6,8-9,16H,2,7H2,1H3,(H,17,18)(H,19,20). The summed E-state index contributed by atoms with van der Waals surface area (Å²) in [5, 5.41) is 13.0. The molecule has 0 fully saturated rings. The molecular weight excluding hydrogens is 352 g/mol. The molecule has 0 atom stereocenters. The fraction of sp³-hybridized carbons (Fsp3) is 0.200. The van der Waals surface area contributed by atoms with Crippen molar-refractivity contribution in [2.24, 2.45) is 0 Å². The maximum Gasteiger partial charge on any atom is 0.337 e. The molecule has 0 saturated heterocycles. The van der Waals surface area contributed by atoms with E-state index in [9.17, 15) is 18.0 Å². The summed E-state index contributed by atoms with van der Waals surface area (Å²) in [7, 11) is -3.64. The number of amides is 1. The lowest BCUT2D eigenvalue weighted by molar-refractivity contribution is 0.0698. The van der Waals surface area contributed by atoms with E-state index in [4.69, 9.17) is 5.11 Å². The van der Waals surface area contributed by atoms with E-state index in [1.54, 1.807) is 12.1 Å². The molecule has 7 nitrogen and oxygen atoms in total. The largest absolute Gasteiger partial charge is 0.478 e. The monoisotopic (exact) mass is 368 g/mol. The van der Waals surface area contributed by atoms with Crippen LogP contribution in [-0.4, -0.2) is 31.9 Å². The summed E-state index contributed by atoms with van der Waals surface area (Å²) in [6.07, 6.45) is 0.655. The van der Waals surface area contributed by atoms with Gasteiger partial charge in [-0.05, 0) is 24.6 Å². The molecule has 0 spiro atoms. The molecule has 0 radical (unpaired) electrons. The molecule has 0 saturated carbocycles. The van der Waals surface area contributed by atoms with Crippen LogP contribution >= 0.6 is 11.3 Å². The highest BCUT2D eigenvalue weighted by Gasteiger charge is 2.19. The van der Waals surface area contributed by atoms with Crippen LogP contribution in [0.25, 0.3) is 0 Å². The number of hydrogen-bond acceptors (Lipinski definition) is 5. The molecule has 0 aliphatic rings. The zero-order valence-electron chi connectivity index (χ0n) is 12.8. The van der Waals surface area contributed by atoms with Crippen LogP contribution in [0.1, 0.15) is 33.4 Å². The molecule has 1 aromatic carbocycles. The minimum Gasteiger partial charge on any atom is -0.478 e. The average Bonchev–Trinajstić information content (AvgIpc) is 3.04. The first kappa shape index (κ1) is 18.1. The van der Waals surface area contributed by atoms with Crippen molar-refractivity contribution in [3.05, 3.63) is 46.2 Å². The maximum absolute atomic E-state index is 12.2. The lowest BCUT2D eigenvalue weighted by atomic mass is 10.2. The number of nitrogens with one attached hydrogen (secondary N) is 2. The van der Waals surface area contributed by atoms with Crippen LogP contribution in [0.15, 0.2) is 40.6 Å². The first-order valence-corrected chi connectivity index (χ1v) is 9.43. The van der Waals surface area contributed by atoms with Crippen LogP contribution < -0.4 is 10.0 Å². The predicted molar refractivity (Wildman–Crippen MR) is 91.2 cm³/mol. The number of para-hydroxylation sites is 1. The Balaban J connectivity index is 2.19. The molecule has 2 rings (SSSR count). The highest BCUT2D eigenvalue weighted by Crippen LogP contribution is 2.22. The van der Waals surface area contributed by atoms with Gasteiger partial charge in [0.25, 0.3) is 5.91 Å². The van der Waals surface area contributed by atoms with Gasteiger partial charge in [-0.25, -0.2) is 17.9 Å². The quantitative estimate of drug-likeness (QED) is 0.694. The van der Waals surface area contributed by atoms with E-state index < -0.39 is 21.9 Å². The lowest BCUT2D eigenvalue weighted by Crippen LogP contribution is -2.24. The molecule has 1 aromatic heterocycles. The van der Waals surface area contributed by atoms with Gasteiger partial charge in [0.15, 0.2) is 0 Å². The number of aromatic carboxylic acids is 1. The van der Waals surface area contributed by atoms with E-state index in [2.05, 4.69) is 10.0 Å². The second kappa shape index (κ2) is 7.56. The summed E-state index contributed by atoms with van der Waals surface area (Å²) in [4.78, 5) is 23.6. The lowest BCUT2D eigenvalue weighted by Gasteiger charge is -2.06. The molecule has 3 N–H and O–H groups in total. The van der Waals surface area contributed by atoms with E-state index in [1.165, 1.54) is 23.6 Å². The summed E-state index contributed by atoms with van der Waals surface area (Å²) in [5.74, 6) is -1.73. The van der Waals surface area contributed by atoms with Crippen molar-refractivity contribution in [2.75, 3.05) is 11.9 Å². The van der Waals surface area contributed by atoms with Crippen LogP contribution in [0.4, 0.5) is 5.69 Å². The van der Waals surface area contributed by atoms with E-state index in [-0.39, 0.29) is 21.0 Å². The van der Waals surface area contributed by atoms with Gasteiger partial charge in [-0.15, -0.1) is 11.3 Å². The Morgan fingerprint density at radius 2 is 1.96 bits per heavy atom. The third-order valence-corrected chi connectivity index (χ3v) is 5.58. The Hall–Kier alpha value is -2.23. The van der Waals surface area contributed by atoms with Gasteiger partial charge < -0.3 is 10.4 Å². The first-order chi connectivity index (χ1) is 11.3. The molecule has 24 heavy (non-hydrogen) atoms. The molecule has 9 heteroatoms. The Bertz CT molecular complexity index is 858. The summed E-state index contributed by atoms with van der Waals surface area (Å²) < 4.78 is 26.5. The number of sulfonamides is 1. The van der Waals surface area contributed by atoms with Crippen molar-refractivity contribution >= 4 is 38.9 Å². The zero-order valence-corrected chi connectivity index (χ0v) is 14.4. The molecular formula is C15H16N2O5S2. The third kappa shape index (κ3) is 4.19. The molecule has 1 amide bonds. The second-order valence-electron chi connectivity index (χ2n) is 4.85. The molecule has 0 aliphatic heterocycles. The zero-order chi connectivity index (χ0) is 17.7. The summed E-state index contributed by atoms with van der Waals surface area (Å²) in [6, 6.07) is 7.25. The molecule has 2 aromatic rings. The molecule has 0 aliphatic carbocycles. The normalized spacial score (nSPS) is 11.2. The second-order valence-corrected chi connectivity index (χ2v) is 7.53. The molecule has 0 unspecified atom stereocenters. The number of rotatable bonds is 7. The highest BCUT2D eigenvalue weighted by atomic mass is 32.2. The fourth-order valence-corrected chi connectivity index (χ4v) is 4.16. The SMILES string of the molecule is CCCNS(=O)(=O)c1csc(C(=O)Nc2ccccc2C(=O)O)c1. The number of benzene rings is 1.